The van der Waals surface area contributed by atoms with Gasteiger partial charge in [-0.3, -0.25) is 0 Å². The maximum atomic E-state index is 13.0. The van der Waals surface area contributed by atoms with Gasteiger partial charge in [-0.15, -0.1) is 0 Å². The van der Waals surface area contributed by atoms with Crippen molar-refractivity contribution in [2.45, 2.75) is 33.1 Å². The summed E-state index contributed by atoms with van der Waals surface area (Å²) < 4.78 is 13.0. The molecule has 2 heterocycles. The lowest BCUT2D eigenvalue weighted by molar-refractivity contribution is 0.213. The van der Waals surface area contributed by atoms with Crippen LogP contribution in [0, 0.1) is 18.7 Å². The topological polar surface area (TPSA) is 58.1 Å². The van der Waals surface area contributed by atoms with Gasteiger partial charge in [-0.2, -0.15) is 0 Å². The molecule has 5 nitrogen and oxygen atoms in total. The van der Waals surface area contributed by atoms with Crippen LogP contribution >= 0.6 is 0 Å². The van der Waals surface area contributed by atoms with E-state index in [4.69, 9.17) is 0 Å². The van der Waals surface area contributed by atoms with Gasteiger partial charge in [-0.25, -0.2) is 19.2 Å². The Labute approximate surface area is 147 Å². The van der Waals surface area contributed by atoms with Gasteiger partial charge in [0.15, 0.2) is 11.6 Å². The van der Waals surface area contributed by atoms with Crippen LogP contribution in [0.3, 0.4) is 0 Å². The fourth-order valence-electron chi connectivity index (χ4n) is 3.06. The average molecular weight is 342 g/mol. The highest BCUT2D eigenvalue weighted by atomic mass is 19.1. The molecule has 0 saturated carbocycles. The highest BCUT2D eigenvalue weighted by molar-refractivity contribution is 5.90. The van der Waals surface area contributed by atoms with E-state index in [1.54, 1.807) is 0 Å². The third kappa shape index (κ3) is 4.32. The number of anilines is 1. The first-order valence-corrected chi connectivity index (χ1v) is 8.67. The van der Waals surface area contributed by atoms with Gasteiger partial charge in [0.2, 0.25) is 0 Å². The first-order chi connectivity index (χ1) is 12.0. The second-order valence-corrected chi connectivity index (χ2v) is 6.71. The van der Waals surface area contributed by atoms with E-state index in [-0.39, 0.29) is 6.03 Å². The number of urea groups is 1. The first kappa shape index (κ1) is 17.3. The van der Waals surface area contributed by atoms with Crippen molar-refractivity contribution in [1.29, 1.82) is 0 Å². The monoisotopic (exact) mass is 342 g/mol. The number of halogens is 1. The molecule has 6 heteroatoms. The van der Waals surface area contributed by atoms with E-state index in [0.717, 1.165) is 49.5 Å². The van der Waals surface area contributed by atoms with E-state index < -0.39 is 5.82 Å². The Balaban J connectivity index is 1.75. The quantitative estimate of drug-likeness (QED) is 0.888. The minimum Gasteiger partial charge on any atom is -0.325 e. The smallest absolute Gasteiger partial charge is 0.321 e. The molecule has 1 saturated heterocycles. The number of rotatable bonds is 2. The van der Waals surface area contributed by atoms with E-state index in [2.05, 4.69) is 22.2 Å². The predicted octanol–water partition coefficient (Wildman–Crippen LogP) is 4.25. The minimum atomic E-state index is -0.471. The largest absolute Gasteiger partial charge is 0.325 e. The number of likely N-dealkylation sites (tertiary alicyclic amines) is 1. The number of amides is 2. The lowest BCUT2D eigenvalue weighted by Crippen LogP contribution is -2.35. The fourth-order valence-corrected chi connectivity index (χ4v) is 3.06. The van der Waals surface area contributed by atoms with Gasteiger partial charge in [0.1, 0.15) is 0 Å². The number of aryl methyl sites for hydroxylation is 1. The Morgan fingerprint density at radius 3 is 2.76 bits per heavy atom. The molecule has 132 valence electrons. The number of hydrogen-bond acceptors (Lipinski definition) is 3. The number of hydrogen-bond donors (Lipinski definition) is 1. The molecule has 3 rings (SSSR count). The zero-order valence-electron chi connectivity index (χ0n) is 14.6. The summed E-state index contributed by atoms with van der Waals surface area (Å²) in [7, 11) is 0. The van der Waals surface area contributed by atoms with Crippen molar-refractivity contribution in [2.24, 2.45) is 5.92 Å². The molecule has 1 atom stereocenters. The predicted molar refractivity (Wildman–Crippen MR) is 95.8 cm³/mol. The molecular formula is C19H23FN4O. The summed E-state index contributed by atoms with van der Waals surface area (Å²) in [5.41, 5.74) is 2.44. The van der Waals surface area contributed by atoms with Crippen molar-refractivity contribution < 1.29 is 9.18 Å². The Bertz CT molecular complexity index is 748. The standard InChI is InChI=1S/C19H23FN4O/c1-13-4-3-8-24(9-7-13)19(25)23-16-6-5-14(2)17(10-16)18-21-11-15(20)12-22-18/h5-6,10-13H,3-4,7-9H2,1-2H3,(H,23,25)/t13-/m1/s1. The van der Waals surface area contributed by atoms with Crippen LogP contribution < -0.4 is 5.32 Å². The van der Waals surface area contributed by atoms with E-state index in [1.807, 2.05) is 30.0 Å². The number of benzene rings is 1. The van der Waals surface area contributed by atoms with Gasteiger partial charge in [0, 0.05) is 24.3 Å². The van der Waals surface area contributed by atoms with Crippen molar-refractivity contribution in [3.8, 4) is 11.4 Å². The molecule has 0 bridgehead atoms. The van der Waals surface area contributed by atoms with Crippen LogP contribution in [0.25, 0.3) is 11.4 Å². The summed E-state index contributed by atoms with van der Waals surface area (Å²) >= 11 is 0. The highest BCUT2D eigenvalue weighted by Crippen LogP contribution is 2.24. The normalized spacial score (nSPS) is 17.9. The Morgan fingerprint density at radius 1 is 1.24 bits per heavy atom. The zero-order valence-corrected chi connectivity index (χ0v) is 14.6. The Morgan fingerprint density at radius 2 is 2.00 bits per heavy atom. The second-order valence-electron chi connectivity index (χ2n) is 6.71. The molecule has 1 fully saturated rings. The lowest BCUT2D eigenvalue weighted by atomic mass is 10.0. The Hall–Kier alpha value is -2.50. The summed E-state index contributed by atoms with van der Waals surface area (Å²) in [6.45, 7) is 5.74. The summed E-state index contributed by atoms with van der Waals surface area (Å²) in [5, 5.41) is 2.96. The lowest BCUT2D eigenvalue weighted by Gasteiger charge is -2.21. The van der Waals surface area contributed by atoms with Crippen molar-refractivity contribution in [3.63, 3.8) is 0 Å². The average Bonchev–Trinajstić information content (AvgIpc) is 2.82. The van der Waals surface area contributed by atoms with Crippen LogP contribution in [0.1, 0.15) is 31.7 Å². The Kier molecular flexibility index (Phi) is 5.26. The molecule has 25 heavy (non-hydrogen) atoms. The highest BCUT2D eigenvalue weighted by Gasteiger charge is 2.18. The molecule has 1 aliphatic rings. The van der Waals surface area contributed by atoms with Crippen LogP contribution in [0.4, 0.5) is 14.9 Å². The van der Waals surface area contributed by atoms with Crippen molar-refractivity contribution in [3.05, 3.63) is 42.0 Å². The van der Waals surface area contributed by atoms with Crippen LogP contribution in [0.2, 0.25) is 0 Å². The summed E-state index contributed by atoms with van der Waals surface area (Å²) in [6.07, 6.45) is 5.53. The number of carbonyl (C=O) groups is 1. The molecule has 0 unspecified atom stereocenters. The third-order valence-electron chi connectivity index (χ3n) is 4.65. The van der Waals surface area contributed by atoms with Crippen molar-refractivity contribution >= 4 is 11.7 Å². The molecule has 1 aromatic carbocycles. The van der Waals surface area contributed by atoms with Gasteiger partial charge >= 0.3 is 6.03 Å². The van der Waals surface area contributed by atoms with E-state index in [1.165, 1.54) is 6.42 Å². The zero-order chi connectivity index (χ0) is 17.8. The SMILES string of the molecule is Cc1ccc(NC(=O)N2CCC[C@@H](C)CC2)cc1-c1ncc(F)cn1. The van der Waals surface area contributed by atoms with Gasteiger partial charge in [-0.1, -0.05) is 13.0 Å². The van der Waals surface area contributed by atoms with Gasteiger partial charge in [0.05, 0.1) is 12.4 Å². The number of carbonyl (C=O) groups excluding carboxylic acids is 1. The summed E-state index contributed by atoms with van der Waals surface area (Å²) in [4.78, 5) is 22.5. The molecule has 2 aromatic rings. The molecule has 2 amide bonds. The van der Waals surface area contributed by atoms with Crippen molar-refractivity contribution in [1.82, 2.24) is 14.9 Å². The van der Waals surface area contributed by atoms with Crippen LogP contribution in [0.15, 0.2) is 30.6 Å². The minimum absolute atomic E-state index is 0.0797. The van der Waals surface area contributed by atoms with Gasteiger partial charge < -0.3 is 10.2 Å². The molecular weight excluding hydrogens is 319 g/mol. The van der Waals surface area contributed by atoms with E-state index in [9.17, 15) is 9.18 Å². The van der Waals surface area contributed by atoms with Gasteiger partial charge in [0.25, 0.3) is 0 Å². The summed E-state index contributed by atoms with van der Waals surface area (Å²) in [6, 6.07) is 5.52. The van der Waals surface area contributed by atoms with Crippen LogP contribution in [0.5, 0.6) is 0 Å². The van der Waals surface area contributed by atoms with Crippen molar-refractivity contribution in [2.75, 3.05) is 18.4 Å². The van der Waals surface area contributed by atoms with E-state index in [0.29, 0.717) is 17.4 Å². The first-order valence-electron chi connectivity index (χ1n) is 8.67. The number of aromatic nitrogens is 2. The second kappa shape index (κ2) is 7.59. The van der Waals surface area contributed by atoms with Crippen LogP contribution in [-0.2, 0) is 0 Å². The molecule has 1 N–H and O–H groups in total. The third-order valence-corrected chi connectivity index (χ3v) is 4.65. The van der Waals surface area contributed by atoms with Crippen LogP contribution in [-0.4, -0.2) is 34.0 Å². The molecule has 0 radical (unpaired) electrons. The number of nitrogens with one attached hydrogen (secondary N) is 1. The maximum Gasteiger partial charge on any atom is 0.321 e. The molecule has 0 spiro atoms. The van der Waals surface area contributed by atoms with E-state index >= 15 is 0 Å². The summed E-state index contributed by atoms with van der Waals surface area (Å²) in [5.74, 6) is 0.638. The number of nitrogens with zero attached hydrogens (tertiary/aromatic N) is 3. The fraction of sp³-hybridized carbons (Fsp3) is 0.421. The van der Waals surface area contributed by atoms with Gasteiger partial charge in [-0.05, 0) is 49.8 Å². The maximum absolute atomic E-state index is 13.0. The molecule has 0 aliphatic carbocycles. The molecule has 1 aromatic heterocycles. The molecule has 1 aliphatic heterocycles.